The summed E-state index contributed by atoms with van der Waals surface area (Å²) in [5.74, 6) is -0.244. The van der Waals surface area contributed by atoms with E-state index in [1.54, 1.807) is 42.5 Å². The number of para-hydroxylation sites is 1. The van der Waals surface area contributed by atoms with Gasteiger partial charge in [-0.2, -0.15) is 0 Å². The lowest BCUT2D eigenvalue weighted by molar-refractivity contribution is -0.385. The summed E-state index contributed by atoms with van der Waals surface area (Å²) >= 11 is 0. The van der Waals surface area contributed by atoms with Crippen molar-refractivity contribution in [2.24, 2.45) is 0 Å². The molecule has 1 amide bonds. The Morgan fingerprint density at radius 3 is 2.48 bits per heavy atom. The molecule has 1 atom stereocenters. The van der Waals surface area contributed by atoms with E-state index in [1.165, 1.54) is 6.07 Å². The van der Waals surface area contributed by atoms with E-state index >= 15 is 0 Å². The molecule has 0 fully saturated rings. The number of carbonyl (C=O) groups is 1. The molecule has 0 spiro atoms. The number of amides is 1. The molecule has 7 nitrogen and oxygen atoms in total. The number of hydrogen-bond acceptors (Lipinski definition) is 5. The van der Waals surface area contributed by atoms with Gasteiger partial charge >= 0.3 is 0 Å². The topological polar surface area (TPSA) is 104 Å². The van der Waals surface area contributed by atoms with E-state index in [2.05, 4.69) is 10.6 Å². The molecule has 0 saturated carbocycles. The average molecular weight is 343 g/mol. The highest BCUT2D eigenvalue weighted by atomic mass is 16.6. The average Bonchev–Trinajstić information content (AvgIpc) is 2.64. The van der Waals surface area contributed by atoms with Crippen LogP contribution in [0.5, 0.6) is 0 Å². The van der Waals surface area contributed by atoms with Crippen molar-refractivity contribution < 1.29 is 14.8 Å². The maximum Gasteiger partial charge on any atom is 0.274 e. The van der Waals surface area contributed by atoms with Gasteiger partial charge in [0.25, 0.3) is 11.6 Å². The van der Waals surface area contributed by atoms with E-state index in [0.717, 1.165) is 5.69 Å². The summed E-state index contributed by atoms with van der Waals surface area (Å²) in [5, 5.41) is 26.0. The van der Waals surface area contributed by atoms with Gasteiger partial charge in [0.1, 0.15) is 0 Å². The van der Waals surface area contributed by atoms with E-state index in [-0.39, 0.29) is 24.2 Å². The monoisotopic (exact) mass is 343 g/mol. The van der Waals surface area contributed by atoms with Gasteiger partial charge in [0.05, 0.1) is 17.6 Å². The standard InChI is InChI=1S/C18H21N3O4/c1-2-15(12-22)20-18(23)13-7-9-16(10-8-13)19-11-14-5-3-4-6-17(14)21(24)25/h3-10,15,19,22H,2,11-12H2,1H3,(H,20,23). The summed E-state index contributed by atoms with van der Waals surface area (Å²) < 4.78 is 0. The molecule has 0 aromatic heterocycles. The minimum atomic E-state index is -0.407. The minimum absolute atomic E-state index is 0.0700. The third-order valence-corrected chi connectivity index (χ3v) is 3.87. The summed E-state index contributed by atoms with van der Waals surface area (Å²) in [7, 11) is 0. The highest BCUT2D eigenvalue weighted by Gasteiger charge is 2.13. The van der Waals surface area contributed by atoms with E-state index in [9.17, 15) is 14.9 Å². The molecule has 25 heavy (non-hydrogen) atoms. The molecule has 0 aliphatic carbocycles. The number of nitrogens with zero attached hydrogens (tertiary/aromatic N) is 1. The van der Waals surface area contributed by atoms with Crippen molar-refractivity contribution in [2.45, 2.75) is 25.9 Å². The van der Waals surface area contributed by atoms with Gasteiger partial charge in [-0.15, -0.1) is 0 Å². The maximum atomic E-state index is 12.1. The summed E-state index contributed by atoms with van der Waals surface area (Å²) in [6.07, 6.45) is 0.651. The quantitative estimate of drug-likeness (QED) is 0.505. The second kappa shape index (κ2) is 8.79. The van der Waals surface area contributed by atoms with Crippen LogP contribution in [0.15, 0.2) is 48.5 Å². The van der Waals surface area contributed by atoms with Crippen LogP contribution >= 0.6 is 0 Å². The molecule has 0 aliphatic heterocycles. The molecular weight excluding hydrogens is 322 g/mol. The van der Waals surface area contributed by atoms with Gasteiger partial charge in [-0.05, 0) is 30.7 Å². The Bertz CT molecular complexity index is 727. The zero-order chi connectivity index (χ0) is 18.2. The molecule has 0 heterocycles. The number of nitrogens with one attached hydrogen (secondary N) is 2. The van der Waals surface area contributed by atoms with E-state index in [0.29, 0.717) is 24.1 Å². The highest BCUT2D eigenvalue weighted by Crippen LogP contribution is 2.19. The van der Waals surface area contributed by atoms with Crippen molar-refractivity contribution in [3.05, 3.63) is 69.8 Å². The first-order chi connectivity index (χ1) is 12.0. The van der Waals surface area contributed by atoms with Crippen LogP contribution in [0.2, 0.25) is 0 Å². The fourth-order valence-electron chi connectivity index (χ4n) is 2.32. The molecular formula is C18H21N3O4. The first-order valence-corrected chi connectivity index (χ1v) is 8.03. The fraction of sp³-hybridized carbons (Fsp3) is 0.278. The van der Waals surface area contributed by atoms with Crippen molar-refractivity contribution in [1.82, 2.24) is 5.32 Å². The predicted octanol–water partition coefficient (Wildman–Crippen LogP) is 2.71. The van der Waals surface area contributed by atoms with Crippen molar-refractivity contribution in [3.8, 4) is 0 Å². The number of rotatable bonds is 8. The summed E-state index contributed by atoms with van der Waals surface area (Å²) in [6, 6.07) is 13.1. The second-order valence-electron chi connectivity index (χ2n) is 5.58. The van der Waals surface area contributed by atoms with Crippen molar-refractivity contribution in [2.75, 3.05) is 11.9 Å². The number of aliphatic hydroxyl groups excluding tert-OH is 1. The number of anilines is 1. The van der Waals surface area contributed by atoms with Crippen LogP contribution in [0.4, 0.5) is 11.4 Å². The number of nitro groups is 1. The Kier molecular flexibility index (Phi) is 6.47. The lowest BCUT2D eigenvalue weighted by Crippen LogP contribution is -2.36. The molecule has 0 saturated heterocycles. The molecule has 3 N–H and O–H groups in total. The Balaban J connectivity index is 1.99. The van der Waals surface area contributed by atoms with Crippen LogP contribution in [0.1, 0.15) is 29.3 Å². The highest BCUT2D eigenvalue weighted by molar-refractivity contribution is 5.94. The molecule has 2 aromatic rings. The van der Waals surface area contributed by atoms with Crippen LogP contribution < -0.4 is 10.6 Å². The largest absolute Gasteiger partial charge is 0.394 e. The number of carbonyl (C=O) groups excluding carboxylic acids is 1. The van der Waals surface area contributed by atoms with Gasteiger partial charge in [-0.25, -0.2) is 0 Å². The normalized spacial score (nSPS) is 11.6. The minimum Gasteiger partial charge on any atom is -0.394 e. The summed E-state index contributed by atoms with van der Waals surface area (Å²) in [5.41, 5.74) is 1.90. The third kappa shape index (κ3) is 5.02. The molecule has 0 aliphatic rings. The molecule has 1 unspecified atom stereocenters. The van der Waals surface area contributed by atoms with Crippen LogP contribution in [0.3, 0.4) is 0 Å². The van der Waals surface area contributed by atoms with Gasteiger partial charge in [0.2, 0.25) is 0 Å². The first-order valence-electron chi connectivity index (χ1n) is 8.03. The molecule has 0 bridgehead atoms. The molecule has 7 heteroatoms. The van der Waals surface area contributed by atoms with Gasteiger partial charge in [-0.1, -0.05) is 25.1 Å². The van der Waals surface area contributed by atoms with Crippen molar-refractivity contribution in [1.29, 1.82) is 0 Å². The van der Waals surface area contributed by atoms with Crippen molar-refractivity contribution in [3.63, 3.8) is 0 Å². The van der Waals surface area contributed by atoms with E-state index in [1.807, 2.05) is 6.92 Å². The van der Waals surface area contributed by atoms with Gasteiger partial charge in [0.15, 0.2) is 0 Å². The Labute approximate surface area is 145 Å². The van der Waals surface area contributed by atoms with Crippen molar-refractivity contribution >= 4 is 17.3 Å². The Morgan fingerprint density at radius 1 is 1.20 bits per heavy atom. The smallest absolute Gasteiger partial charge is 0.274 e. The van der Waals surface area contributed by atoms with E-state index < -0.39 is 4.92 Å². The fourth-order valence-corrected chi connectivity index (χ4v) is 2.32. The Morgan fingerprint density at radius 2 is 1.88 bits per heavy atom. The molecule has 2 rings (SSSR count). The van der Waals surface area contributed by atoms with Crippen LogP contribution in [0, 0.1) is 10.1 Å². The zero-order valence-electron chi connectivity index (χ0n) is 13.9. The Hall–Kier alpha value is -2.93. The lowest BCUT2D eigenvalue weighted by atomic mass is 10.1. The van der Waals surface area contributed by atoms with Crippen LogP contribution in [0.25, 0.3) is 0 Å². The maximum absolute atomic E-state index is 12.1. The van der Waals surface area contributed by atoms with Crippen LogP contribution in [-0.4, -0.2) is 28.6 Å². The van der Waals surface area contributed by atoms with Gasteiger partial charge in [0, 0.05) is 29.4 Å². The van der Waals surface area contributed by atoms with Gasteiger partial charge in [-0.3, -0.25) is 14.9 Å². The third-order valence-electron chi connectivity index (χ3n) is 3.87. The molecule has 0 radical (unpaired) electrons. The number of nitro benzene ring substituents is 1. The first kappa shape index (κ1) is 18.4. The van der Waals surface area contributed by atoms with E-state index in [4.69, 9.17) is 5.11 Å². The summed E-state index contributed by atoms with van der Waals surface area (Å²) in [6.45, 7) is 2.10. The molecule has 2 aromatic carbocycles. The number of aliphatic hydroxyl groups is 1. The molecule has 132 valence electrons. The lowest BCUT2D eigenvalue weighted by Gasteiger charge is -2.14. The summed E-state index contributed by atoms with van der Waals surface area (Å²) in [4.78, 5) is 22.7. The number of hydrogen-bond donors (Lipinski definition) is 3. The predicted molar refractivity (Wildman–Crippen MR) is 95.5 cm³/mol. The van der Waals surface area contributed by atoms with Crippen LogP contribution in [-0.2, 0) is 6.54 Å². The number of benzene rings is 2. The SMILES string of the molecule is CCC(CO)NC(=O)c1ccc(NCc2ccccc2[N+](=O)[O-])cc1. The zero-order valence-corrected chi connectivity index (χ0v) is 13.9. The second-order valence-corrected chi connectivity index (χ2v) is 5.58. The van der Waals surface area contributed by atoms with Gasteiger partial charge < -0.3 is 15.7 Å².